The smallest absolute Gasteiger partial charge is 0.255 e. The van der Waals surface area contributed by atoms with Crippen molar-refractivity contribution in [1.82, 2.24) is 9.88 Å². The van der Waals surface area contributed by atoms with Crippen LogP contribution in [0.5, 0.6) is 0 Å². The third-order valence-electron chi connectivity index (χ3n) is 4.91. The fourth-order valence-corrected chi connectivity index (χ4v) is 3.54. The van der Waals surface area contributed by atoms with E-state index >= 15 is 0 Å². The standard InChI is InChI=1S/C20H26N2O2/c1-3-10-22-19-9-4-14(2)11-15(19)12-16(20(22)24)13-21-17-5-7-18(23)8-6-17/h3-4,9,11-12,17-18,21,23H,1,5-8,10,13H2,2H3. The van der Waals surface area contributed by atoms with Crippen LogP contribution < -0.4 is 10.9 Å². The zero-order valence-electron chi connectivity index (χ0n) is 14.3. The second kappa shape index (κ2) is 7.32. The lowest BCUT2D eigenvalue weighted by molar-refractivity contribution is 0.116. The molecule has 4 nitrogen and oxygen atoms in total. The van der Waals surface area contributed by atoms with E-state index in [9.17, 15) is 9.90 Å². The number of nitrogens with one attached hydrogen (secondary N) is 1. The van der Waals surface area contributed by atoms with Gasteiger partial charge in [0.25, 0.3) is 5.56 Å². The molecule has 0 radical (unpaired) electrons. The normalized spacial score (nSPS) is 21.1. The highest BCUT2D eigenvalue weighted by molar-refractivity contribution is 5.80. The van der Waals surface area contributed by atoms with Crippen molar-refractivity contribution in [2.45, 2.75) is 57.8 Å². The fraction of sp³-hybridized carbons (Fsp3) is 0.450. The molecule has 1 fully saturated rings. The molecule has 1 saturated carbocycles. The van der Waals surface area contributed by atoms with Crippen LogP contribution in [0.2, 0.25) is 0 Å². The van der Waals surface area contributed by atoms with E-state index in [4.69, 9.17) is 0 Å². The average molecular weight is 326 g/mol. The first-order chi connectivity index (χ1) is 11.6. The van der Waals surface area contributed by atoms with Crippen molar-refractivity contribution < 1.29 is 5.11 Å². The highest BCUT2D eigenvalue weighted by Crippen LogP contribution is 2.19. The number of allylic oxidation sites excluding steroid dienone is 1. The minimum atomic E-state index is -0.156. The largest absolute Gasteiger partial charge is 0.393 e. The van der Waals surface area contributed by atoms with Crippen LogP contribution in [0, 0.1) is 6.92 Å². The SMILES string of the molecule is C=CCn1c(=O)c(CNC2CCC(O)CC2)cc2cc(C)ccc21. The van der Waals surface area contributed by atoms with Gasteiger partial charge in [-0.15, -0.1) is 6.58 Å². The van der Waals surface area contributed by atoms with Crippen molar-refractivity contribution >= 4 is 10.9 Å². The number of nitrogens with zero attached hydrogens (tertiary/aromatic N) is 1. The van der Waals surface area contributed by atoms with Crippen molar-refractivity contribution in [3.05, 3.63) is 58.4 Å². The molecule has 0 aliphatic heterocycles. The van der Waals surface area contributed by atoms with Gasteiger partial charge in [-0.25, -0.2) is 0 Å². The maximum absolute atomic E-state index is 12.8. The Morgan fingerprint density at radius 1 is 1.29 bits per heavy atom. The van der Waals surface area contributed by atoms with Crippen LogP contribution in [0.15, 0.2) is 41.7 Å². The van der Waals surface area contributed by atoms with Gasteiger partial charge in [-0.05, 0) is 56.2 Å². The first-order valence-corrected chi connectivity index (χ1v) is 8.74. The summed E-state index contributed by atoms with van der Waals surface area (Å²) in [6.45, 7) is 6.93. The van der Waals surface area contributed by atoms with E-state index in [1.165, 1.54) is 5.56 Å². The second-order valence-corrected chi connectivity index (χ2v) is 6.82. The van der Waals surface area contributed by atoms with E-state index in [1.807, 2.05) is 18.2 Å². The van der Waals surface area contributed by atoms with Gasteiger partial charge in [0.2, 0.25) is 0 Å². The lowest BCUT2D eigenvalue weighted by Gasteiger charge is -2.26. The molecule has 1 heterocycles. The number of fused-ring (bicyclic) bond motifs is 1. The quantitative estimate of drug-likeness (QED) is 0.831. The van der Waals surface area contributed by atoms with Gasteiger partial charge in [-0.2, -0.15) is 0 Å². The predicted octanol–water partition coefficient (Wildman–Crippen LogP) is 2.89. The molecular weight excluding hydrogens is 300 g/mol. The Bertz CT molecular complexity index is 786. The first kappa shape index (κ1) is 16.9. The summed E-state index contributed by atoms with van der Waals surface area (Å²) in [5.41, 5.74) is 2.98. The summed E-state index contributed by atoms with van der Waals surface area (Å²) >= 11 is 0. The molecule has 1 aromatic heterocycles. The molecule has 2 N–H and O–H groups in total. The third kappa shape index (κ3) is 3.60. The van der Waals surface area contributed by atoms with Crippen molar-refractivity contribution in [1.29, 1.82) is 0 Å². The Balaban J connectivity index is 1.88. The van der Waals surface area contributed by atoms with Crippen LogP contribution in [-0.4, -0.2) is 21.8 Å². The number of rotatable bonds is 5. The molecule has 0 unspecified atom stereocenters. The lowest BCUT2D eigenvalue weighted by Crippen LogP contribution is -2.36. The van der Waals surface area contributed by atoms with Gasteiger partial charge >= 0.3 is 0 Å². The average Bonchev–Trinajstić information content (AvgIpc) is 2.57. The first-order valence-electron chi connectivity index (χ1n) is 8.74. The molecule has 0 saturated heterocycles. The Hall–Kier alpha value is -1.91. The number of aliphatic hydroxyl groups excluding tert-OH is 1. The molecule has 0 atom stereocenters. The van der Waals surface area contributed by atoms with Gasteiger partial charge in [-0.3, -0.25) is 4.79 Å². The van der Waals surface area contributed by atoms with Crippen LogP contribution in [0.25, 0.3) is 10.9 Å². The maximum Gasteiger partial charge on any atom is 0.255 e. The van der Waals surface area contributed by atoms with Gasteiger partial charge in [0.1, 0.15) is 0 Å². The molecule has 4 heteroatoms. The van der Waals surface area contributed by atoms with Crippen LogP contribution in [0.3, 0.4) is 0 Å². The molecule has 3 rings (SSSR count). The highest BCUT2D eigenvalue weighted by Gasteiger charge is 2.19. The molecular formula is C20H26N2O2. The number of hydrogen-bond acceptors (Lipinski definition) is 3. The highest BCUT2D eigenvalue weighted by atomic mass is 16.3. The number of aliphatic hydroxyl groups is 1. The predicted molar refractivity (Wildman–Crippen MR) is 98.2 cm³/mol. The van der Waals surface area contributed by atoms with Crippen LogP contribution >= 0.6 is 0 Å². The summed E-state index contributed by atoms with van der Waals surface area (Å²) in [5.74, 6) is 0. The van der Waals surface area contributed by atoms with E-state index in [1.54, 1.807) is 10.6 Å². The van der Waals surface area contributed by atoms with Gasteiger partial charge < -0.3 is 15.0 Å². The molecule has 1 aliphatic rings. The summed E-state index contributed by atoms with van der Waals surface area (Å²) < 4.78 is 1.80. The van der Waals surface area contributed by atoms with Crippen molar-refractivity contribution in [2.75, 3.05) is 0 Å². The summed E-state index contributed by atoms with van der Waals surface area (Å²) in [5, 5.41) is 14.2. The summed E-state index contributed by atoms with van der Waals surface area (Å²) in [6, 6.07) is 8.56. The molecule has 24 heavy (non-hydrogen) atoms. The van der Waals surface area contributed by atoms with Crippen molar-refractivity contribution in [2.24, 2.45) is 0 Å². The zero-order valence-corrected chi connectivity index (χ0v) is 14.3. The number of benzene rings is 1. The van der Waals surface area contributed by atoms with Gasteiger partial charge in [0.15, 0.2) is 0 Å². The lowest BCUT2D eigenvalue weighted by atomic mass is 9.93. The second-order valence-electron chi connectivity index (χ2n) is 6.82. The topological polar surface area (TPSA) is 54.3 Å². The molecule has 0 amide bonds. The summed E-state index contributed by atoms with van der Waals surface area (Å²) in [7, 11) is 0. The summed E-state index contributed by atoms with van der Waals surface area (Å²) in [6.07, 6.45) is 5.23. The Morgan fingerprint density at radius 2 is 2.04 bits per heavy atom. The Labute approximate surface area is 142 Å². The molecule has 2 aromatic rings. The molecule has 1 aliphatic carbocycles. The zero-order chi connectivity index (χ0) is 17.1. The minimum absolute atomic E-state index is 0.0506. The number of hydrogen-bond donors (Lipinski definition) is 2. The van der Waals surface area contributed by atoms with Gasteiger partial charge in [0, 0.05) is 24.7 Å². The van der Waals surface area contributed by atoms with E-state index in [0.29, 0.717) is 19.1 Å². The third-order valence-corrected chi connectivity index (χ3v) is 4.91. The Kier molecular flexibility index (Phi) is 5.17. The monoisotopic (exact) mass is 326 g/mol. The fourth-order valence-electron chi connectivity index (χ4n) is 3.54. The maximum atomic E-state index is 12.8. The van der Waals surface area contributed by atoms with Crippen LogP contribution in [-0.2, 0) is 13.1 Å². The van der Waals surface area contributed by atoms with Crippen LogP contribution in [0.4, 0.5) is 0 Å². The number of aromatic nitrogens is 1. The van der Waals surface area contributed by atoms with E-state index < -0.39 is 0 Å². The van der Waals surface area contributed by atoms with Gasteiger partial charge in [-0.1, -0.05) is 17.7 Å². The van der Waals surface area contributed by atoms with Gasteiger partial charge in [0.05, 0.1) is 11.6 Å². The molecule has 128 valence electrons. The molecule has 1 aromatic carbocycles. The van der Waals surface area contributed by atoms with Crippen molar-refractivity contribution in [3.8, 4) is 0 Å². The molecule has 0 bridgehead atoms. The molecule has 0 spiro atoms. The summed E-state index contributed by atoms with van der Waals surface area (Å²) in [4.78, 5) is 12.8. The minimum Gasteiger partial charge on any atom is -0.393 e. The van der Waals surface area contributed by atoms with E-state index in [-0.39, 0.29) is 11.7 Å². The Morgan fingerprint density at radius 3 is 2.75 bits per heavy atom. The van der Waals surface area contributed by atoms with Crippen molar-refractivity contribution in [3.63, 3.8) is 0 Å². The van der Waals surface area contributed by atoms with E-state index in [2.05, 4.69) is 24.9 Å². The van der Waals surface area contributed by atoms with Crippen LogP contribution in [0.1, 0.15) is 36.8 Å². The number of pyridine rings is 1. The van der Waals surface area contributed by atoms with E-state index in [0.717, 1.165) is 42.1 Å². The number of aryl methyl sites for hydroxylation is 1.